The quantitative estimate of drug-likeness (QED) is 0.155. The van der Waals surface area contributed by atoms with Crippen LogP contribution >= 0.6 is 0 Å². The van der Waals surface area contributed by atoms with Crippen molar-refractivity contribution in [1.29, 1.82) is 0 Å². The van der Waals surface area contributed by atoms with Gasteiger partial charge in [0.05, 0.1) is 0 Å². The van der Waals surface area contributed by atoms with Gasteiger partial charge in [-0.25, -0.2) is 0 Å². The average Bonchev–Trinajstić information content (AvgIpc) is 2.56. The van der Waals surface area contributed by atoms with Crippen molar-refractivity contribution in [2.45, 2.75) is 135 Å². The number of unbranched alkanes of at least 4 members (excludes halogenated alkanes) is 18. The molecule has 0 heterocycles. The summed E-state index contributed by atoms with van der Waals surface area (Å²) in [7, 11) is 0. The van der Waals surface area contributed by atoms with E-state index in [0.29, 0.717) is 0 Å². The summed E-state index contributed by atoms with van der Waals surface area (Å²) in [5.74, 6) is -0.901. The molecule has 0 fully saturated rings. The van der Waals surface area contributed by atoms with Crippen molar-refractivity contribution in [3.63, 3.8) is 0 Å². The smallest absolute Gasteiger partial charge is 0.550 e. The number of hydrogen-bond donors (Lipinski definition) is 0. The van der Waals surface area contributed by atoms with Crippen LogP contribution in [0.4, 0.5) is 0 Å². The van der Waals surface area contributed by atoms with Gasteiger partial charge < -0.3 is 9.90 Å². The van der Waals surface area contributed by atoms with E-state index in [-0.39, 0.29) is 33.7 Å². The maximum atomic E-state index is 10.3. The zero-order valence-corrected chi connectivity index (χ0v) is 21.2. The molecule has 2 nitrogen and oxygen atoms in total. The maximum absolute atomic E-state index is 10.3. The molecule has 0 radical (unpaired) electrons. The summed E-state index contributed by atoms with van der Waals surface area (Å²) in [6.07, 6.45) is 25.7. The van der Waals surface area contributed by atoms with Crippen LogP contribution in [0.15, 0.2) is 0 Å². The van der Waals surface area contributed by atoms with Gasteiger partial charge in [0.2, 0.25) is 0 Å². The second kappa shape index (κ2) is 24.4. The third-order valence-corrected chi connectivity index (χ3v) is 4.98. The largest absolute Gasteiger partial charge is 2.00 e. The van der Waals surface area contributed by atoms with E-state index >= 15 is 0 Å². The van der Waals surface area contributed by atoms with E-state index in [2.05, 4.69) is 6.92 Å². The van der Waals surface area contributed by atoms with Gasteiger partial charge in [-0.3, -0.25) is 0 Å². The molecule has 0 amide bonds. The third-order valence-electron chi connectivity index (χ3n) is 4.98. The average molecular weight is 452 g/mol. The Hall–Kier alpha value is 0.392. The number of carbonyl (C=O) groups is 1. The molecule has 0 aliphatic heterocycles. The van der Waals surface area contributed by atoms with E-state index in [1.54, 1.807) is 0 Å². The van der Waals surface area contributed by atoms with Gasteiger partial charge in [-0.15, -0.1) is 0 Å². The standard InChI is InChI=1S/C22H44O2.Cd/c1-2-3-4-5-6-7-8-9-10-11-12-13-14-15-16-17-18-19-20-21-22(23)24;/h2-21H2,1H3,(H,23,24);/q;+2/p-1. The fourth-order valence-corrected chi connectivity index (χ4v) is 3.35. The summed E-state index contributed by atoms with van der Waals surface area (Å²) in [5, 5.41) is 10.3. The van der Waals surface area contributed by atoms with Crippen molar-refractivity contribution in [2.75, 3.05) is 0 Å². The first-order chi connectivity index (χ1) is 11.8. The molecule has 0 bridgehead atoms. The van der Waals surface area contributed by atoms with Crippen LogP contribution in [0.5, 0.6) is 0 Å². The van der Waals surface area contributed by atoms with Crippen LogP contribution in [0.1, 0.15) is 135 Å². The molecule has 0 spiro atoms. The molecule has 0 aromatic rings. The van der Waals surface area contributed by atoms with Gasteiger partial charge in [0.15, 0.2) is 0 Å². The SMILES string of the molecule is CCCCCCCCCCCCCCCCCCCCCC(=O)[O-].[Cd+2]. The molecular weight excluding hydrogens is 409 g/mol. The van der Waals surface area contributed by atoms with E-state index < -0.39 is 5.97 Å². The van der Waals surface area contributed by atoms with Crippen molar-refractivity contribution in [2.24, 2.45) is 0 Å². The Kier molecular flexibility index (Phi) is 26.9. The van der Waals surface area contributed by atoms with E-state index in [1.807, 2.05) is 0 Å². The molecule has 0 rings (SSSR count). The third kappa shape index (κ3) is 26.7. The van der Waals surface area contributed by atoms with Gasteiger partial charge in [0, 0.05) is 5.97 Å². The molecule has 0 aromatic carbocycles. The zero-order chi connectivity index (χ0) is 17.7. The van der Waals surface area contributed by atoms with Gasteiger partial charge in [-0.2, -0.15) is 0 Å². The molecule has 3 heteroatoms. The summed E-state index contributed by atoms with van der Waals surface area (Å²) < 4.78 is 0. The molecule has 0 aliphatic rings. The monoisotopic (exact) mass is 453 g/mol. The fraction of sp³-hybridized carbons (Fsp3) is 0.955. The predicted molar refractivity (Wildman–Crippen MR) is 103 cm³/mol. The first-order valence-electron chi connectivity index (χ1n) is 11.0. The minimum absolute atomic E-state index is 0. The molecule has 0 aliphatic carbocycles. The van der Waals surface area contributed by atoms with Crippen LogP contribution in [0, 0.1) is 0 Å². The van der Waals surface area contributed by atoms with Gasteiger partial charge in [0.1, 0.15) is 0 Å². The fourth-order valence-electron chi connectivity index (χ4n) is 3.35. The summed E-state index contributed by atoms with van der Waals surface area (Å²) in [6, 6.07) is 0. The summed E-state index contributed by atoms with van der Waals surface area (Å²) in [5.41, 5.74) is 0. The summed E-state index contributed by atoms with van der Waals surface area (Å²) in [4.78, 5) is 10.3. The first kappa shape index (κ1) is 27.6. The summed E-state index contributed by atoms with van der Waals surface area (Å²) in [6.45, 7) is 2.28. The number of carboxylic acids is 1. The number of hydrogen-bond acceptors (Lipinski definition) is 2. The molecule has 0 N–H and O–H groups in total. The molecule has 144 valence electrons. The van der Waals surface area contributed by atoms with Crippen molar-refractivity contribution in [1.82, 2.24) is 0 Å². The maximum Gasteiger partial charge on any atom is 2.00 e. The molecule has 25 heavy (non-hydrogen) atoms. The van der Waals surface area contributed by atoms with E-state index in [0.717, 1.165) is 12.8 Å². The summed E-state index contributed by atoms with van der Waals surface area (Å²) >= 11 is 0. The molecule has 0 aromatic heterocycles. The molecule has 0 unspecified atom stereocenters. The molecular formula is C22H43CdO2+. The van der Waals surface area contributed by atoms with Crippen molar-refractivity contribution in [3.8, 4) is 0 Å². The van der Waals surface area contributed by atoms with Crippen LogP contribution in [-0.4, -0.2) is 5.97 Å². The van der Waals surface area contributed by atoms with E-state index in [4.69, 9.17) is 0 Å². The van der Waals surface area contributed by atoms with E-state index in [1.165, 1.54) is 109 Å². The van der Waals surface area contributed by atoms with Crippen molar-refractivity contribution >= 4 is 5.97 Å². The second-order valence-electron chi connectivity index (χ2n) is 7.49. The number of carboxylic acid groups (broad SMARTS) is 1. The molecule has 0 atom stereocenters. The van der Waals surface area contributed by atoms with Crippen LogP contribution in [0.2, 0.25) is 0 Å². The van der Waals surface area contributed by atoms with Gasteiger partial charge >= 0.3 is 27.3 Å². The van der Waals surface area contributed by atoms with Gasteiger partial charge in [-0.05, 0) is 12.8 Å². The zero-order valence-electron chi connectivity index (χ0n) is 17.2. The number of aliphatic carboxylic acids is 1. The normalized spacial score (nSPS) is 10.6. The topological polar surface area (TPSA) is 40.1 Å². The van der Waals surface area contributed by atoms with Crippen LogP contribution in [0.3, 0.4) is 0 Å². The Morgan fingerprint density at radius 3 is 1.00 bits per heavy atom. The van der Waals surface area contributed by atoms with Crippen LogP contribution in [0.25, 0.3) is 0 Å². The minimum Gasteiger partial charge on any atom is -0.550 e. The van der Waals surface area contributed by atoms with Crippen LogP contribution in [-0.2, 0) is 32.1 Å². The Morgan fingerprint density at radius 1 is 0.520 bits per heavy atom. The molecule has 0 saturated carbocycles. The predicted octanol–water partition coefficient (Wildman–Crippen LogP) is 6.56. The van der Waals surface area contributed by atoms with Gasteiger partial charge in [0.25, 0.3) is 0 Å². The van der Waals surface area contributed by atoms with Gasteiger partial charge in [-0.1, -0.05) is 122 Å². The Labute approximate surface area is 178 Å². The Morgan fingerprint density at radius 2 is 0.760 bits per heavy atom. The second-order valence-corrected chi connectivity index (χ2v) is 7.49. The van der Waals surface area contributed by atoms with Crippen molar-refractivity contribution in [3.05, 3.63) is 0 Å². The number of rotatable bonds is 20. The molecule has 0 saturated heterocycles. The Bertz CT molecular complexity index is 256. The number of carbonyl (C=O) groups excluding carboxylic acids is 1. The first-order valence-corrected chi connectivity index (χ1v) is 11.0. The van der Waals surface area contributed by atoms with Crippen LogP contribution < -0.4 is 5.11 Å². The minimum atomic E-state index is -0.901. The van der Waals surface area contributed by atoms with Crippen molar-refractivity contribution < 1.29 is 37.2 Å². The Balaban J connectivity index is 0. The van der Waals surface area contributed by atoms with E-state index in [9.17, 15) is 9.90 Å².